The first-order valence-electron chi connectivity index (χ1n) is 5.91. The highest BCUT2D eigenvalue weighted by Gasteiger charge is 2.19. The van der Waals surface area contributed by atoms with E-state index in [0.29, 0.717) is 5.16 Å². The molecule has 1 N–H and O–H groups in total. The number of carbonyl (C=O) groups excluding carboxylic acids is 1. The fraction of sp³-hybridized carbons (Fsp3) is 0.545. The maximum Gasteiger partial charge on any atom is 0.285 e. The zero-order valence-electron chi connectivity index (χ0n) is 10.9. The fourth-order valence-electron chi connectivity index (χ4n) is 1.72. The van der Waals surface area contributed by atoms with Crippen LogP contribution in [0.1, 0.15) is 10.5 Å². The van der Waals surface area contributed by atoms with Gasteiger partial charge in [0.1, 0.15) is 0 Å². The summed E-state index contributed by atoms with van der Waals surface area (Å²) in [6.45, 7) is 3.43. The molecule has 1 aliphatic heterocycles. The molecule has 1 aromatic rings. The first-order chi connectivity index (χ1) is 9.10. The summed E-state index contributed by atoms with van der Waals surface area (Å²) in [5, 5.41) is 2.69. The van der Waals surface area contributed by atoms with Gasteiger partial charge in [-0.15, -0.1) is 0 Å². The average molecular weight is 302 g/mol. The molecular weight excluding hydrogens is 286 g/mol. The Labute approximate surface area is 121 Å². The van der Waals surface area contributed by atoms with Crippen LogP contribution in [0.2, 0.25) is 5.02 Å². The molecule has 1 amide bonds. The highest BCUT2D eigenvalue weighted by Crippen LogP contribution is 2.16. The normalized spacial score (nSPS) is 17.4. The van der Waals surface area contributed by atoms with Crippen LogP contribution >= 0.6 is 23.4 Å². The molecule has 0 radical (unpaired) electrons. The molecule has 0 saturated carbocycles. The second-order valence-electron chi connectivity index (χ2n) is 4.28. The predicted molar refractivity (Wildman–Crippen MR) is 75.4 cm³/mol. The zero-order chi connectivity index (χ0) is 13.8. The van der Waals surface area contributed by atoms with Crippen LogP contribution in [-0.2, 0) is 0 Å². The van der Waals surface area contributed by atoms with Crippen molar-refractivity contribution in [2.24, 2.45) is 0 Å². The van der Waals surface area contributed by atoms with E-state index in [9.17, 15) is 4.79 Å². The molecule has 0 aromatic carbocycles. The molecule has 2 rings (SSSR count). The van der Waals surface area contributed by atoms with Crippen LogP contribution < -0.4 is 5.43 Å². The highest BCUT2D eigenvalue weighted by atomic mass is 35.5. The summed E-state index contributed by atoms with van der Waals surface area (Å²) in [4.78, 5) is 22.5. The number of likely N-dealkylation sites (N-methyl/N-ethyl adjacent to an activating group) is 1. The number of nitrogens with one attached hydrogen (secondary N) is 1. The summed E-state index contributed by atoms with van der Waals surface area (Å²) in [7, 11) is 2.06. The van der Waals surface area contributed by atoms with Gasteiger partial charge in [0.2, 0.25) is 0 Å². The van der Waals surface area contributed by atoms with E-state index in [0.717, 1.165) is 26.2 Å². The number of carbonyl (C=O) groups is 1. The van der Waals surface area contributed by atoms with Gasteiger partial charge < -0.3 is 4.90 Å². The van der Waals surface area contributed by atoms with E-state index in [4.69, 9.17) is 11.6 Å². The van der Waals surface area contributed by atoms with Crippen LogP contribution in [0.5, 0.6) is 0 Å². The third kappa shape index (κ3) is 3.79. The lowest BCUT2D eigenvalue weighted by Gasteiger charge is -2.32. The van der Waals surface area contributed by atoms with Crippen LogP contribution in [0.3, 0.4) is 0 Å². The third-order valence-corrected chi connectivity index (χ3v) is 3.72. The summed E-state index contributed by atoms with van der Waals surface area (Å²) >= 11 is 7.34. The van der Waals surface area contributed by atoms with Crippen LogP contribution in [0.25, 0.3) is 0 Å². The number of halogens is 1. The maximum atomic E-state index is 12.1. The Balaban J connectivity index is 2.03. The molecule has 0 spiro atoms. The average Bonchev–Trinajstić information content (AvgIpc) is 2.42. The van der Waals surface area contributed by atoms with Crippen LogP contribution in [0.15, 0.2) is 11.4 Å². The Hall–Kier alpha value is -0.890. The monoisotopic (exact) mass is 301 g/mol. The number of hydrogen-bond donors (Lipinski definition) is 1. The Kier molecular flexibility index (Phi) is 4.98. The van der Waals surface area contributed by atoms with E-state index in [2.05, 4.69) is 27.3 Å². The van der Waals surface area contributed by atoms with Crippen molar-refractivity contribution in [1.29, 1.82) is 0 Å². The van der Waals surface area contributed by atoms with Gasteiger partial charge in [-0.2, -0.15) is 0 Å². The van der Waals surface area contributed by atoms with Crippen LogP contribution in [0.4, 0.5) is 0 Å². The van der Waals surface area contributed by atoms with Gasteiger partial charge in [0.25, 0.3) is 5.91 Å². The third-order valence-electron chi connectivity index (χ3n) is 2.88. The largest absolute Gasteiger partial charge is 0.304 e. The Morgan fingerprint density at radius 2 is 2.11 bits per heavy atom. The van der Waals surface area contributed by atoms with Crippen molar-refractivity contribution in [1.82, 2.24) is 25.3 Å². The molecule has 2 heterocycles. The standard InChI is InChI=1S/C11H16ClN5OS/c1-16-3-5-17(6-4-16)15-10(18)9-8(12)7-13-11(14-9)19-2/h7H,3-6H2,1-2H3,(H,15,18). The van der Waals surface area contributed by atoms with Crippen LogP contribution in [0, 0.1) is 0 Å². The molecule has 0 unspecified atom stereocenters. The molecule has 0 aliphatic carbocycles. The van der Waals surface area contributed by atoms with Gasteiger partial charge in [0, 0.05) is 26.2 Å². The highest BCUT2D eigenvalue weighted by molar-refractivity contribution is 7.98. The van der Waals surface area contributed by atoms with E-state index < -0.39 is 0 Å². The number of hydrogen-bond acceptors (Lipinski definition) is 6. The minimum Gasteiger partial charge on any atom is -0.304 e. The van der Waals surface area contributed by atoms with Crippen molar-refractivity contribution >= 4 is 29.3 Å². The molecular formula is C11H16ClN5OS. The number of rotatable bonds is 3. The summed E-state index contributed by atoms with van der Waals surface area (Å²) in [6.07, 6.45) is 3.31. The van der Waals surface area contributed by atoms with Crippen LogP contribution in [-0.4, -0.2) is 65.3 Å². The molecule has 1 aromatic heterocycles. The predicted octanol–water partition coefficient (Wildman–Crippen LogP) is 0.744. The Morgan fingerprint density at radius 3 is 2.74 bits per heavy atom. The Morgan fingerprint density at radius 1 is 1.42 bits per heavy atom. The maximum absolute atomic E-state index is 12.1. The van der Waals surface area contributed by atoms with E-state index >= 15 is 0 Å². The molecule has 8 heteroatoms. The first kappa shape index (κ1) is 14.5. The van der Waals surface area contributed by atoms with Gasteiger partial charge in [0.15, 0.2) is 10.9 Å². The quantitative estimate of drug-likeness (QED) is 0.656. The summed E-state index contributed by atoms with van der Waals surface area (Å²) in [5.41, 5.74) is 3.05. The number of aromatic nitrogens is 2. The van der Waals surface area contributed by atoms with Gasteiger partial charge in [-0.1, -0.05) is 23.4 Å². The molecule has 1 aliphatic rings. The number of nitrogens with zero attached hydrogens (tertiary/aromatic N) is 4. The zero-order valence-corrected chi connectivity index (χ0v) is 12.5. The molecule has 1 fully saturated rings. The SMILES string of the molecule is CSc1ncc(Cl)c(C(=O)NN2CCN(C)CC2)n1. The molecule has 6 nitrogen and oxygen atoms in total. The number of hydrazine groups is 1. The van der Waals surface area contributed by atoms with E-state index in [1.807, 2.05) is 11.3 Å². The first-order valence-corrected chi connectivity index (χ1v) is 7.51. The number of amides is 1. The smallest absolute Gasteiger partial charge is 0.285 e. The van der Waals surface area contributed by atoms with Crippen molar-refractivity contribution in [2.45, 2.75) is 5.16 Å². The second kappa shape index (κ2) is 6.51. The van der Waals surface area contributed by atoms with Crippen molar-refractivity contribution in [2.75, 3.05) is 39.5 Å². The number of piperazine rings is 1. The van der Waals surface area contributed by atoms with Gasteiger partial charge in [0.05, 0.1) is 11.2 Å². The van der Waals surface area contributed by atoms with E-state index in [1.54, 1.807) is 0 Å². The lowest BCUT2D eigenvalue weighted by molar-refractivity contribution is 0.0657. The van der Waals surface area contributed by atoms with Gasteiger partial charge in [-0.05, 0) is 13.3 Å². The van der Waals surface area contributed by atoms with E-state index in [1.165, 1.54) is 18.0 Å². The Bertz CT molecular complexity index is 464. The molecule has 0 bridgehead atoms. The molecule has 104 valence electrons. The number of thioether (sulfide) groups is 1. The van der Waals surface area contributed by atoms with Gasteiger partial charge in [-0.25, -0.2) is 15.0 Å². The minimum absolute atomic E-state index is 0.222. The van der Waals surface area contributed by atoms with E-state index in [-0.39, 0.29) is 16.6 Å². The fourth-order valence-corrected chi connectivity index (χ4v) is 2.24. The lowest BCUT2D eigenvalue weighted by atomic mass is 10.3. The van der Waals surface area contributed by atoms with Crippen molar-refractivity contribution < 1.29 is 4.79 Å². The summed E-state index contributed by atoms with van der Waals surface area (Å²) in [5.74, 6) is -0.285. The summed E-state index contributed by atoms with van der Waals surface area (Å²) in [6, 6.07) is 0. The topological polar surface area (TPSA) is 61.4 Å². The van der Waals surface area contributed by atoms with Crippen molar-refractivity contribution in [3.05, 3.63) is 16.9 Å². The van der Waals surface area contributed by atoms with Gasteiger partial charge in [-0.3, -0.25) is 10.2 Å². The minimum atomic E-state index is -0.285. The molecule has 0 atom stereocenters. The lowest BCUT2D eigenvalue weighted by Crippen LogP contribution is -2.52. The molecule has 1 saturated heterocycles. The summed E-state index contributed by atoms with van der Waals surface area (Å²) < 4.78 is 0. The molecule has 19 heavy (non-hydrogen) atoms. The van der Waals surface area contributed by atoms with Gasteiger partial charge >= 0.3 is 0 Å². The van der Waals surface area contributed by atoms with Crippen molar-refractivity contribution in [3.8, 4) is 0 Å². The second-order valence-corrected chi connectivity index (χ2v) is 5.47. The van der Waals surface area contributed by atoms with Crippen molar-refractivity contribution in [3.63, 3.8) is 0 Å².